The first-order valence-corrected chi connectivity index (χ1v) is 14.8. The van der Waals surface area contributed by atoms with Gasteiger partial charge in [0.05, 0.1) is 13.2 Å². The molecule has 0 unspecified atom stereocenters. The van der Waals surface area contributed by atoms with E-state index in [9.17, 15) is 18.4 Å². The number of aromatic nitrogens is 2. The maximum Gasteiger partial charge on any atom is 0.387 e. The van der Waals surface area contributed by atoms with Crippen LogP contribution in [0.2, 0.25) is 0 Å². The Kier molecular flexibility index (Phi) is 8.74. The Morgan fingerprint density at radius 1 is 1.05 bits per heavy atom. The van der Waals surface area contributed by atoms with E-state index in [1.165, 1.54) is 12.1 Å². The highest BCUT2D eigenvalue weighted by molar-refractivity contribution is 6.00. The number of methoxy groups -OCH3 is 1. The largest absolute Gasteiger partial charge is 0.497 e. The van der Waals surface area contributed by atoms with Crippen molar-refractivity contribution in [2.75, 3.05) is 39.8 Å². The summed E-state index contributed by atoms with van der Waals surface area (Å²) >= 11 is 0. The number of pyridine rings is 1. The number of aromatic amines is 1. The Balaban J connectivity index is 1.20. The lowest BCUT2D eigenvalue weighted by molar-refractivity contribution is -0.140. The van der Waals surface area contributed by atoms with Crippen molar-refractivity contribution in [2.24, 2.45) is 0 Å². The summed E-state index contributed by atoms with van der Waals surface area (Å²) in [5.74, 6) is 0.666. The maximum atomic E-state index is 13.7. The van der Waals surface area contributed by atoms with Crippen molar-refractivity contribution in [3.05, 3.63) is 89.9 Å². The third-order valence-corrected chi connectivity index (χ3v) is 8.50. The van der Waals surface area contributed by atoms with Gasteiger partial charge in [-0.05, 0) is 80.0 Å². The zero-order chi connectivity index (χ0) is 30.6. The van der Waals surface area contributed by atoms with Crippen LogP contribution in [0.1, 0.15) is 40.5 Å². The molecule has 0 spiro atoms. The first-order chi connectivity index (χ1) is 21.4. The zero-order valence-electron chi connectivity index (χ0n) is 24.5. The molecule has 4 heterocycles. The number of piperazine rings is 1. The molecule has 2 saturated heterocycles. The number of carbonyl (C=O) groups excluding carboxylic acids is 2. The quantitative estimate of drug-likeness (QED) is 0.293. The normalized spacial score (nSPS) is 18.3. The van der Waals surface area contributed by atoms with Crippen LogP contribution in [0.5, 0.6) is 11.5 Å². The van der Waals surface area contributed by atoms with E-state index < -0.39 is 6.61 Å². The molecule has 4 aromatic rings. The molecule has 2 aromatic carbocycles. The van der Waals surface area contributed by atoms with Gasteiger partial charge >= 0.3 is 6.61 Å². The fourth-order valence-electron chi connectivity index (χ4n) is 6.27. The molecule has 44 heavy (non-hydrogen) atoms. The molecule has 6 rings (SSSR count). The second-order valence-electron chi connectivity index (χ2n) is 11.4. The number of H-pyrrole nitrogens is 1. The van der Waals surface area contributed by atoms with Crippen LogP contribution in [0.25, 0.3) is 10.9 Å². The van der Waals surface area contributed by atoms with E-state index in [1.54, 1.807) is 35.1 Å². The van der Waals surface area contributed by atoms with Gasteiger partial charge in [0.2, 0.25) is 5.91 Å². The summed E-state index contributed by atoms with van der Waals surface area (Å²) in [6.07, 6.45) is 3.72. The molecule has 11 heteroatoms. The Hall–Kier alpha value is -4.51. The predicted molar refractivity (Wildman–Crippen MR) is 161 cm³/mol. The Morgan fingerprint density at radius 3 is 2.64 bits per heavy atom. The monoisotopic (exact) mass is 603 g/mol. The Morgan fingerprint density at radius 2 is 1.89 bits per heavy atom. The number of carbonyl (C=O) groups is 2. The molecule has 0 saturated carbocycles. The van der Waals surface area contributed by atoms with Crippen molar-refractivity contribution in [3.8, 4) is 11.5 Å². The van der Waals surface area contributed by atoms with Gasteiger partial charge in [-0.2, -0.15) is 8.78 Å². The average Bonchev–Trinajstić information content (AvgIpc) is 3.46. The number of hydrogen-bond donors (Lipinski definition) is 1. The van der Waals surface area contributed by atoms with Crippen LogP contribution in [0.3, 0.4) is 0 Å². The average molecular weight is 604 g/mol. The van der Waals surface area contributed by atoms with Crippen molar-refractivity contribution < 1.29 is 27.8 Å². The van der Waals surface area contributed by atoms with Gasteiger partial charge in [-0.3, -0.25) is 14.6 Å². The number of fused-ring (bicyclic) bond motifs is 1. The number of nitrogens with zero attached hydrogens (tertiary/aromatic N) is 4. The molecule has 2 amide bonds. The summed E-state index contributed by atoms with van der Waals surface area (Å²) in [5, 5.41) is 0.843. The fraction of sp³-hybridized carbons (Fsp3) is 0.364. The lowest BCUT2D eigenvalue weighted by atomic mass is 9.92. The third-order valence-electron chi connectivity index (χ3n) is 8.50. The van der Waals surface area contributed by atoms with Crippen LogP contribution >= 0.6 is 0 Å². The summed E-state index contributed by atoms with van der Waals surface area (Å²) in [6.45, 7) is -0.178. The molecule has 1 N–H and O–H groups in total. The molecule has 2 aliphatic rings. The number of amides is 2. The van der Waals surface area contributed by atoms with Crippen molar-refractivity contribution in [3.63, 3.8) is 0 Å². The number of nitrogens with one attached hydrogen (secondary N) is 1. The SMILES string of the molecule is COc1ccc2[nH]c(C(=O)N3CC(=O)N(Cc4cccc(OC(F)F)c4)[C@@H](CN4CCC(c5ccccn5)CC4)C3)cc2c1. The van der Waals surface area contributed by atoms with Crippen molar-refractivity contribution in [2.45, 2.75) is 38.0 Å². The number of likely N-dealkylation sites (tertiary alicyclic amines) is 1. The molecule has 0 aliphatic carbocycles. The van der Waals surface area contributed by atoms with Gasteiger partial charge in [0.1, 0.15) is 23.7 Å². The van der Waals surface area contributed by atoms with Crippen molar-refractivity contribution in [1.29, 1.82) is 0 Å². The molecule has 2 aliphatic heterocycles. The van der Waals surface area contributed by atoms with Crippen LogP contribution in [-0.4, -0.2) is 89.0 Å². The third kappa shape index (κ3) is 6.67. The minimum Gasteiger partial charge on any atom is -0.497 e. The Bertz CT molecular complexity index is 1610. The molecule has 0 radical (unpaired) electrons. The lowest BCUT2D eigenvalue weighted by Gasteiger charge is -2.44. The first-order valence-electron chi connectivity index (χ1n) is 14.8. The zero-order valence-corrected chi connectivity index (χ0v) is 24.5. The summed E-state index contributed by atoms with van der Waals surface area (Å²) in [4.78, 5) is 40.8. The van der Waals surface area contributed by atoms with Gasteiger partial charge in [0.15, 0.2) is 0 Å². The first kappa shape index (κ1) is 29.6. The molecule has 1 atom stereocenters. The van der Waals surface area contributed by atoms with E-state index in [1.807, 2.05) is 36.5 Å². The maximum absolute atomic E-state index is 13.7. The van der Waals surface area contributed by atoms with Gasteiger partial charge in [-0.25, -0.2) is 0 Å². The summed E-state index contributed by atoms with van der Waals surface area (Å²) in [7, 11) is 1.59. The van der Waals surface area contributed by atoms with E-state index in [2.05, 4.69) is 25.7 Å². The van der Waals surface area contributed by atoms with Crippen LogP contribution in [0.4, 0.5) is 8.78 Å². The minimum absolute atomic E-state index is 0.0438. The second kappa shape index (κ2) is 13.0. The highest BCUT2D eigenvalue weighted by Crippen LogP contribution is 2.28. The van der Waals surface area contributed by atoms with Gasteiger partial charge < -0.3 is 29.2 Å². The standard InChI is InChI=1S/C33H35F2N5O4/c1-43-26-8-9-29-24(16-26)17-30(37-29)32(42)39-20-25(19-38-13-10-23(11-14-38)28-7-2-3-12-36-28)40(31(41)21-39)18-22-5-4-6-27(15-22)44-33(34)35/h2-9,12,15-17,23,25,33,37H,10-11,13-14,18-21H2,1H3/t25-/m0/s1. The lowest BCUT2D eigenvalue weighted by Crippen LogP contribution is -2.60. The molecule has 2 aromatic heterocycles. The van der Waals surface area contributed by atoms with Crippen molar-refractivity contribution >= 4 is 22.7 Å². The fourth-order valence-corrected chi connectivity index (χ4v) is 6.27. The van der Waals surface area contributed by atoms with Crippen LogP contribution in [0.15, 0.2) is 72.9 Å². The molecule has 0 bridgehead atoms. The van der Waals surface area contributed by atoms with Crippen LogP contribution in [0, 0.1) is 0 Å². The van der Waals surface area contributed by atoms with Gasteiger partial charge in [-0.15, -0.1) is 0 Å². The molecule has 9 nitrogen and oxygen atoms in total. The number of ether oxygens (including phenoxy) is 2. The van der Waals surface area contributed by atoms with E-state index in [0.29, 0.717) is 36.0 Å². The smallest absolute Gasteiger partial charge is 0.387 e. The van der Waals surface area contributed by atoms with E-state index in [0.717, 1.165) is 42.5 Å². The van der Waals surface area contributed by atoms with E-state index in [4.69, 9.17) is 4.74 Å². The molecular formula is C33H35F2N5O4. The van der Waals surface area contributed by atoms with Gasteiger partial charge in [0.25, 0.3) is 5.91 Å². The number of alkyl halides is 2. The molecule has 230 valence electrons. The Labute approximate surface area is 254 Å². The minimum atomic E-state index is -2.94. The topological polar surface area (TPSA) is 91.0 Å². The predicted octanol–water partition coefficient (Wildman–Crippen LogP) is 4.91. The van der Waals surface area contributed by atoms with Crippen molar-refractivity contribution in [1.82, 2.24) is 24.7 Å². The number of benzene rings is 2. The summed E-state index contributed by atoms with van der Waals surface area (Å²) in [6, 6.07) is 19.4. The number of rotatable bonds is 9. The van der Waals surface area contributed by atoms with E-state index in [-0.39, 0.29) is 36.7 Å². The summed E-state index contributed by atoms with van der Waals surface area (Å²) in [5.41, 5.74) is 2.98. The summed E-state index contributed by atoms with van der Waals surface area (Å²) < 4.78 is 35.6. The highest BCUT2D eigenvalue weighted by Gasteiger charge is 2.37. The van der Waals surface area contributed by atoms with E-state index >= 15 is 0 Å². The highest BCUT2D eigenvalue weighted by atomic mass is 19.3. The second-order valence-corrected chi connectivity index (χ2v) is 11.4. The van der Waals surface area contributed by atoms with Gasteiger partial charge in [0, 0.05) is 48.3 Å². The van der Waals surface area contributed by atoms with Gasteiger partial charge in [-0.1, -0.05) is 18.2 Å². The molecular weight excluding hydrogens is 568 g/mol. The van der Waals surface area contributed by atoms with Crippen LogP contribution < -0.4 is 9.47 Å². The molecule has 2 fully saturated rings. The number of piperidine rings is 1. The number of hydrogen-bond acceptors (Lipinski definition) is 6. The van der Waals surface area contributed by atoms with Crippen LogP contribution in [-0.2, 0) is 11.3 Å². The number of halogens is 2.